The van der Waals surface area contributed by atoms with Gasteiger partial charge in [0, 0.05) is 16.9 Å². The molecule has 0 aliphatic carbocycles. The fourth-order valence-corrected chi connectivity index (χ4v) is 5.87. The van der Waals surface area contributed by atoms with Crippen LogP contribution in [0.3, 0.4) is 0 Å². The third kappa shape index (κ3) is 6.15. The van der Waals surface area contributed by atoms with Crippen LogP contribution in [-0.2, 0) is 9.59 Å². The van der Waals surface area contributed by atoms with Crippen LogP contribution in [0.5, 0.6) is 0 Å². The molecule has 1 aromatic carbocycles. The van der Waals surface area contributed by atoms with Gasteiger partial charge in [0.2, 0.25) is 11.1 Å². The van der Waals surface area contributed by atoms with Gasteiger partial charge >= 0.3 is 18.1 Å². The van der Waals surface area contributed by atoms with Crippen molar-refractivity contribution in [2.45, 2.75) is 62.8 Å². The van der Waals surface area contributed by atoms with Gasteiger partial charge in [-0.1, -0.05) is 29.5 Å². The van der Waals surface area contributed by atoms with Gasteiger partial charge in [-0.3, -0.25) is 4.79 Å². The molecule has 3 aliphatic rings. The van der Waals surface area contributed by atoms with Crippen molar-refractivity contribution < 1.29 is 37.8 Å². The Hall–Kier alpha value is -3.46. The summed E-state index contributed by atoms with van der Waals surface area (Å²) in [6, 6.07) is 5.66. The molecular formula is C23H27F3N6O5S. The third-order valence-electron chi connectivity index (χ3n) is 6.45. The fraction of sp³-hybridized carbons (Fsp3) is 0.478. The summed E-state index contributed by atoms with van der Waals surface area (Å²) in [6.45, 7) is 8.89. The number of carboxylic acids is 2. The Balaban J connectivity index is 0.000000188. The summed E-state index contributed by atoms with van der Waals surface area (Å²) in [5.41, 5.74) is 4.80. The first-order valence-electron chi connectivity index (χ1n) is 11.5. The number of benzene rings is 1. The third-order valence-corrected chi connectivity index (χ3v) is 7.45. The zero-order valence-corrected chi connectivity index (χ0v) is 21.7. The van der Waals surface area contributed by atoms with Crippen LogP contribution in [0, 0.1) is 19.8 Å². The number of carboxylic acid groups (broad SMARTS) is 2. The fourth-order valence-electron chi connectivity index (χ4n) is 4.90. The van der Waals surface area contributed by atoms with Crippen LogP contribution in [0.4, 0.5) is 13.2 Å². The first-order chi connectivity index (χ1) is 17.7. The van der Waals surface area contributed by atoms with Gasteiger partial charge in [0.25, 0.3) is 0 Å². The molecule has 206 valence electrons. The number of carbonyl (C=O) groups is 3. The molecule has 3 aliphatic heterocycles. The summed E-state index contributed by atoms with van der Waals surface area (Å²) < 4.78 is 31.7. The maximum absolute atomic E-state index is 12.1. The molecule has 0 bridgehead atoms. The monoisotopic (exact) mass is 556 g/mol. The molecule has 2 saturated heterocycles. The number of aliphatic carboxylic acids is 1. The van der Waals surface area contributed by atoms with Crippen molar-refractivity contribution >= 4 is 29.6 Å². The number of amides is 1. The summed E-state index contributed by atoms with van der Waals surface area (Å²) in [7, 11) is 0. The van der Waals surface area contributed by atoms with E-state index in [1.807, 2.05) is 17.9 Å². The van der Waals surface area contributed by atoms with E-state index in [2.05, 4.69) is 39.8 Å². The first kappa shape index (κ1) is 29.1. The molecule has 1 amide bonds. The molecule has 2 aromatic rings. The van der Waals surface area contributed by atoms with Gasteiger partial charge in [-0.25, -0.2) is 9.59 Å². The Morgan fingerprint density at radius 1 is 1.21 bits per heavy atom. The normalized spacial score (nSPS) is 22.3. The van der Waals surface area contributed by atoms with Crippen LogP contribution in [-0.4, -0.2) is 83.6 Å². The average Bonchev–Trinajstić information content (AvgIpc) is 3.42. The van der Waals surface area contributed by atoms with Crippen LogP contribution < -0.4 is 5.32 Å². The largest absolute Gasteiger partial charge is 0.490 e. The highest BCUT2D eigenvalue weighted by Crippen LogP contribution is 2.49. The van der Waals surface area contributed by atoms with Gasteiger partial charge in [0.05, 0.1) is 11.6 Å². The van der Waals surface area contributed by atoms with E-state index in [-0.39, 0.29) is 17.2 Å². The van der Waals surface area contributed by atoms with E-state index >= 15 is 0 Å². The van der Waals surface area contributed by atoms with E-state index in [0.717, 1.165) is 29.8 Å². The summed E-state index contributed by atoms with van der Waals surface area (Å²) in [5, 5.41) is 34.1. The quantitative estimate of drug-likeness (QED) is 0.326. The molecule has 4 atom stereocenters. The van der Waals surface area contributed by atoms with E-state index in [1.54, 1.807) is 30.8 Å². The number of thioether (sulfide) groups is 1. The molecule has 5 rings (SSSR count). The second kappa shape index (κ2) is 11.5. The van der Waals surface area contributed by atoms with E-state index in [9.17, 15) is 22.8 Å². The zero-order chi connectivity index (χ0) is 28.4. The lowest BCUT2D eigenvalue weighted by molar-refractivity contribution is -0.192. The number of tetrazole rings is 1. The number of piperidine rings is 1. The summed E-state index contributed by atoms with van der Waals surface area (Å²) in [4.78, 5) is 33.5. The number of allylic oxidation sites excluding steroid dienone is 1. The molecule has 2 fully saturated rings. The van der Waals surface area contributed by atoms with E-state index in [0.29, 0.717) is 22.7 Å². The van der Waals surface area contributed by atoms with Crippen LogP contribution in [0.2, 0.25) is 0 Å². The number of hydrogen-bond acceptors (Lipinski definition) is 8. The second-order valence-corrected chi connectivity index (χ2v) is 10.3. The average molecular weight is 557 g/mol. The number of carbonyl (C=O) groups excluding carboxylic acids is 1. The number of aromatic amines is 1. The molecule has 0 radical (unpaired) electrons. The second-order valence-electron chi connectivity index (χ2n) is 8.95. The van der Waals surface area contributed by atoms with Crippen molar-refractivity contribution in [2.24, 2.45) is 5.92 Å². The number of H-pyrrole nitrogens is 1. The predicted octanol–water partition coefficient (Wildman–Crippen LogP) is 2.79. The molecule has 11 nitrogen and oxygen atoms in total. The summed E-state index contributed by atoms with van der Waals surface area (Å²) >= 11 is 1.60. The standard InChI is InChI=1S/C12H16N6OS.C9H10O2.C2HF3O2/c1-5-8(6(2)20-12-14-16-17-15-12)7-3-4-13-9-10(7)18(5)11(9)19;1-6-3-4-8(9(10)11)7(2)5-6;3-2(4,5)1(6)7/h6-7,9-10,13H,3-4H2,1-2H3,(H,14,15,16,17);3-5H,1-2H3,(H,10,11);(H,6,7)/t6?,7?,9-,10+;;/m0../s1. The smallest absolute Gasteiger partial charge is 0.478 e. The van der Waals surface area contributed by atoms with Gasteiger partial charge in [-0.15, -0.1) is 10.2 Å². The predicted molar refractivity (Wildman–Crippen MR) is 129 cm³/mol. The Labute approximate surface area is 219 Å². The lowest BCUT2D eigenvalue weighted by atomic mass is 9.79. The minimum atomic E-state index is -5.08. The lowest BCUT2D eigenvalue weighted by Crippen LogP contribution is -2.71. The Morgan fingerprint density at radius 2 is 1.87 bits per heavy atom. The molecule has 0 saturated carbocycles. The van der Waals surface area contributed by atoms with Crippen molar-refractivity contribution in [3.05, 3.63) is 46.2 Å². The van der Waals surface area contributed by atoms with Crippen molar-refractivity contribution in [3.8, 4) is 0 Å². The number of aromatic carboxylic acids is 1. The van der Waals surface area contributed by atoms with Crippen LogP contribution in [0.1, 0.15) is 41.8 Å². The Bertz CT molecular complexity index is 1240. The SMILES string of the molecule is CC1=C(C(C)Sc2nn[nH]n2)C2CCN[C@@H]3C(=O)N1[C@H]23.Cc1ccc(C(=O)O)c(C)c1.O=C(O)C(F)(F)F. The number of alkyl halides is 3. The summed E-state index contributed by atoms with van der Waals surface area (Å²) in [6.07, 6.45) is -3.99. The highest BCUT2D eigenvalue weighted by Gasteiger charge is 2.59. The van der Waals surface area contributed by atoms with Crippen LogP contribution >= 0.6 is 11.8 Å². The topological polar surface area (TPSA) is 161 Å². The molecule has 1 aromatic heterocycles. The maximum Gasteiger partial charge on any atom is 0.490 e. The number of aromatic nitrogens is 4. The Kier molecular flexibility index (Phi) is 8.82. The lowest BCUT2D eigenvalue weighted by Gasteiger charge is -2.49. The molecule has 15 heteroatoms. The minimum absolute atomic E-state index is 0.0311. The van der Waals surface area contributed by atoms with E-state index in [1.165, 1.54) is 5.57 Å². The van der Waals surface area contributed by atoms with Gasteiger partial charge in [-0.05, 0) is 63.1 Å². The van der Waals surface area contributed by atoms with Crippen LogP contribution in [0.15, 0.2) is 34.6 Å². The van der Waals surface area contributed by atoms with Gasteiger partial charge in [-0.2, -0.15) is 18.4 Å². The highest BCUT2D eigenvalue weighted by molar-refractivity contribution is 7.99. The summed E-state index contributed by atoms with van der Waals surface area (Å²) in [5.74, 6) is -2.91. The van der Waals surface area contributed by atoms with Crippen molar-refractivity contribution in [1.82, 2.24) is 30.8 Å². The number of halogens is 3. The molecule has 4 N–H and O–H groups in total. The molecule has 4 heterocycles. The first-order valence-corrected chi connectivity index (χ1v) is 12.4. The number of rotatable bonds is 4. The highest BCUT2D eigenvalue weighted by atomic mass is 32.2. The number of nitrogens with one attached hydrogen (secondary N) is 2. The van der Waals surface area contributed by atoms with Gasteiger partial charge in [0.15, 0.2) is 0 Å². The maximum atomic E-state index is 12.1. The van der Waals surface area contributed by atoms with Crippen molar-refractivity contribution in [2.75, 3.05) is 6.54 Å². The van der Waals surface area contributed by atoms with Crippen molar-refractivity contribution in [1.29, 1.82) is 0 Å². The van der Waals surface area contributed by atoms with E-state index in [4.69, 9.17) is 15.0 Å². The molecular weight excluding hydrogens is 529 g/mol. The Morgan fingerprint density at radius 3 is 2.39 bits per heavy atom. The number of aryl methyl sites for hydroxylation is 2. The molecule has 38 heavy (non-hydrogen) atoms. The molecule has 0 spiro atoms. The minimum Gasteiger partial charge on any atom is -0.478 e. The number of β-lactam (4-membered cyclic amide) rings is 1. The van der Waals surface area contributed by atoms with E-state index < -0.39 is 18.1 Å². The zero-order valence-electron chi connectivity index (χ0n) is 20.9. The molecule has 2 unspecified atom stereocenters. The number of hydrogen-bond donors (Lipinski definition) is 4. The van der Waals surface area contributed by atoms with Crippen molar-refractivity contribution in [3.63, 3.8) is 0 Å². The van der Waals surface area contributed by atoms with Gasteiger partial charge < -0.3 is 20.4 Å². The van der Waals surface area contributed by atoms with Crippen LogP contribution in [0.25, 0.3) is 0 Å². The van der Waals surface area contributed by atoms with Gasteiger partial charge in [0.1, 0.15) is 6.04 Å². The number of nitrogens with zero attached hydrogens (tertiary/aromatic N) is 4.